The van der Waals surface area contributed by atoms with Crippen molar-refractivity contribution >= 4 is 8.24 Å². The van der Waals surface area contributed by atoms with E-state index < -0.39 is 8.24 Å². The summed E-state index contributed by atoms with van der Waals surface area (Å²) >= 11 is 0. The van der Waals surface area contributed by atoms with Crippen molar-refractivity contribution in [2.75, 3.05) is 26.2 Å². The van der Waals surface area contributed by atoms with E-state index in [0.29, 0.717) is 0 Å². The topological polar surface area (TPSA) is 15.3 Å². The maximum Gasteiger partial charge on any atom is 0.126 e. The Morgan fingerprint density at radius 2 is 1.76 bits per heavy atom. The van der Waals surface area contributed by atoms with E-state index in [2.05, 4.69) is 77.6 Å². The maximum absolute atomic E-state index is 3.54. The molecule has 3 heteroatoms. The molecule has 3 aliphatic rings. The molecule has 4 atom stereocenters. The molecule has 134 valence electrons. The molecule has 0 bridgehead atoms. The predicted molar refractivity (Wildman–Crippen MR) is 109 cm³/mol. The average Bonchev–Trinajstić information content (AvgIpc) is 3.02. The zero-order valence-electron chi connectivity index (χ0n) is 15.7. The van der Waals surface area contributed by atoms with Crippen LogP contribution in [-0.2, 0) is 6.42 Å². The molecule has 2 fully saturated rings. The number of nitrogens with one attached hydrogen (secondary N) is 1. The van der Waals surface area contributed by atoms with E-state index in [9.17, 15) is 0 Å². The van der Waals surface area contributed by atoms with Gasteiger partial charge in [0.05, 0.1) is 0 Å². The Morgan fingerprint density at radius 1 is 1.04 bits per heavy atom. The molecule has 1 aliphatic heterocycles. The lowest BCUT2D eigenvalue weighted by Gasteiger charge is -2.47. The number of benzene rings is 1. The highest BCUT2D eigenvalue weighted by molar-refractivity contribution is 6.76. The number of piperazine rings is 1. The van der Waals surface area contributed by atoms with E-state index in [4.69, 9.17) is 0 Å². The van der Waals surface area contributed by atoms with Gasteiger partial charge in [0.2, 0.25) is 0 Å². The molecule has 4 rings (SSSR count). The molecule has 0 aromatic heterocycles. The third-order valence-corrected chi connectivity index (χ3v) is 11.4. The molecular formula is C22H32N2Si. The third-order valence-electron chi connectivity index (χ3n) is 6.88. The predicted octanol–water partition coefficient (Wildman–Crippen LogP) is 4.09. The molecule has 1 N–H and O–H groups in total. The third kappa shape index (κ3) is 3.42. The van der Waals surface area contributed by atoms with E-state index in [1.807, 2.05) is 0 Å². The summed E-state index contributed by atoms with van der Waals surface area (Å²) in [4.78, 5) is 0. The Balaban J connectivity index is 1.62. The summed E-state index contributed by atoms with van der Waals surface area (Å²) in [5.74, 6) is 2.34. The van der Waals surface area contributed by atoms with Crippen LogP contribution in [0.2, 0.25) is 18.6 Å². The Morgan fingerprint density at radius 3 is 2.52 bits per heavy atom. The van der Waals surface area contributed by atoms with Crippen LogP contribution in [0.5, 0.6) is 0 Å². The number of rotatable bonds is 4. The minimum atomic E-state index is -1.49. The normalized spacial score (nSPS) is 32.7. The fourth-order valence-electron chi connectivity index (χ4n) is 5.73. The largest absolute Gasteiger partial charge is 0.321 e. The summed E-state index contributed by atoms with van der Waals surface area (Å²) in [7, 11) is -1.49. The summed E-state index contributed by atoms with van der Waals surface area (Å²) < 4.78 is 2.89. The molecule has 1 saturated heterocycles. The van der Waals surface area contributed by atoms with E-state index in [1.165, 1.54) is 31.5 Å². The van der Waals surface area contributed by atoms with Gasteiger partial charge >= 0.3 is 0 Å². The molecule has 1 aromatic rings. The van der Waals surface area contributed by atoms with Crippen LogP contribution in [-0.4, -0.2) is 39.0 Å². The molecule has 4 unspecified atom stereocenters. The maximum atomic E-state index is 3.54. The smallest absolute Gasteiger partial charge is 0.126 e. The molecule has 1 aromatic carbocycles. The van der Waals surface area contributed by atoms with Crippen LogP contribution in [0.1, 0.15) is 12.0 Å². The van der Waals surface area contributed by atoms with Crippen LogP contribution < -0.4 is 5.32 Å². The molecule has 0 radical (unpaired) electrons. The van der Waals surface area contributed by atoms with Gasteiger partial charge < -0.3 is 9.88 Å². The standard InChI is InChI=1S/C22H32N2Si/c1-25(2,24-14-12-23-13-15-24)22-20(16-18-8-4-3-5-9-18)17-19-10-6-7-11-21(19)22/h3-11,19-23H,12-17H2,1-2H3. The van der Waals surface area contributed by atoms with Crippen molar-refractivity contribution in [3.05, 3.63) is 60.2 Å². The van der Waals surface area contributed by atoms with Crippen molar-refractivity contribution in [3.63, 3.8) is 0 Å². The van der Waals surface area contributed by atoms with Gasteiger partial charge in [-0.1, -0.05) is 67.7 Å². The van der Waals surface area contributed by atoms with Gasteiger partial charge in [0.15, 0.2) is 0 Å². The van der Waals surface area contributed by atoms with E-state index in [1.54, 1.807) is 0 Å². The fraction of sp³-hybridized carbons (Fsp3) is 0.545. The fourth-order valence-corrected chi connectivity index (χ4v) is 10.2. The molecule has 25 heavy (non-hydrogen) atoms. The molecule has 1 heterocycles. The minimum Gasteiger partial charge on any atom is -0.321 e. The zero-order valence-corrected chi connectivity index (χ0v) is 16.7. The second-order valence-corrected chi connectivity index (χ2v) is 13.2. The van der Waals surface area contributed by atoms with E-state index in [-0.39, 0.29) is 0 Å². The molecular weight excluding hydrogens is 320 g/mol. The highest BCUT2D eigenvalue weighted by Crippen LogP contribution is 2.54. The lowest BCUT2D eigenvalue weighted by atomic mass is 9.92. The van der Waals surface area contributed by atoms with Crippen LogP contribution in [0.4, 0.5) is 0 Å². The Kier molecular flexibility index (Phi) is 4.98. The quantitative estimate of drug-likeness (QED) is 0.821. The van der Waals surface area contributed by atoms with Gasteiger partial charge in [-0.2, -0.15) is 0 Å². The van der Waals surface area contributed by atoms with Crippen molar-refractivity contribution in [2.45, 2.75) is 31.5 Å². The number of hydrogen-bond donors (Lipinski definition) is 1. The second-order valence-electron chi connectivity index (χ2n) is 8.61. The molecule has 0 spiro atoms. The average molecular weight is 353 g/mol. The van der Waals surface area contributed by atoms with Gasteiger partial charge in [-0.05, 0) is 41.7 Å². The highest BCUT2D eigenvalue weighted by atomic mass is 28.3. The first-order chi connectivity index (χ1) is 12.2. The van der Waals surface area contributed by atoms with Crippen molar-refractivity contribution < 1.29 is 0 Å². The van der Waals surface area contributed by atoms with Gasteiger partial charge in [-0.25, -0.2) is 0 Å². The summed E-state index contributed by atoms with van der Waals surface area (Å²) in [6, 6.07) is 11.2. The number of nitrogens with zero attached hydrogens (tertiary/aromatic N) is 1. The highest BCUT2D eigenvalue weighted by Gasteiger charge is 2.51. The van der Waals surface area contributed by atoms with E-state index >= 15 is 0 Å². The molecule has 1 saturated carbocycles. The van der Waals surface area contributed by atoms with Crippen LogP contribution in [0.3, 0.4) is 0 Å². The van der Waals surface area contributed by atoms with Crippen LogP contribution in [0.25, 0.3) is 0 Å². The first kappa shape index (κ1) is 17.3. The zero-order chi connectivity index (χ0) is 17.3. The van der Waals surface area contributed by atoms with Crippen molar-refractivity contribution in [3.8, 4) is 0 Å². The lowest BCUT2D eigenvalue weighted by Crippen LogP contribution is -2.60. The summed E-state index contributed by atoms with van der Waals surface area (Å²) in [5, 5.41) is 3.54. The first-order valence-corrected chi connectivity index (χ1v) is 13.0. The Bertz CT molecular complexity index is 631. The van der Waals surface area contributed by atoms with Crippen LogP contribution in [0, 0.1) is 17.8 Å². The van der Waals surface area contributed by atoms with Gasteiger partial charge in [0.25, 0.3) is 0 Å². The molecule has 2 nitrogen and oxygen atoms in total. The van der Waals surface area contributed by atoms with E-state index in [0.717, 1.165) is 36.4 Å². The summed E-state index contributed by atoms with van der Waals surface area (Å²) in [6.45, 7) is 10.1. The monoisotopic (exact) mass is 352 g/mol. The van der Waals surface area contributed by atoms with Crippen molar-refractivity contribution in [1.82, 2.24) is 9.88 Å². The number of hydrogen-bond acceptors (Lipinski definition) is 2. The first-order valence-electron chi connectivity index (χ1n) is 10.0. The second kappa shape index (κ2) is 7.22. The SMILES string of the molecule is C[Si](C)(C1C(Cc2ccccc2)CC2C=CC=CC21)N1CCNCC1. The van der Waals surface area contributed by atoms with Gasteiger partial charge in [-0.3, -0.25) is 0 Å². The summed E-state index contributed by atoms with van der Waals surface area (Å²) in [5.41, 5.74) is 2.38. The Labute approximate surface area is 154 Å². The van der Waals surface area contributed by atoms with Gasteiger partial charge in [0.1, 0.15) is 8.24 Å². The molecule has 0 amide bonds. The van der Waals surface area contributed by atoms with Crippen LogP contribution in [0.15, 0.2) is 54.6 Å². The number of allylic oxidation sites excluding steroid dienone is 4. The molecule has 2 aliphatic carbocycles. The number of fused-ring (bicyclic) bond motifs is 1. The summed E-state index contributed by atoms with van der Waals surface area (Å²) in [6.07, 6.45) is 12.2. The lowest BCUT2D eigenvalue weighted by molar-refractivity contribution is 0.338. The minimum absolute atomic E-state index is 0.760. The van der Waals surface area contributed by atoms with Gasteiger partial charge in [0, 0.05) is 26.2 Å². The Hall–Kier alpha value is -1.16. The van der Waals surface area contributed by atoms with Crippen molar-refractivity contribution in [2.24, 2.45) is 17.8 Å². The van der Waals surface area contributed by atoms with Crippen molar-refractivity contribution in [1.29, 1.82) is 0 Å². The van der Waals surface area contributed by atoms with Crippen LogP contribution >= 0.6 is 0 Å². The van der Waals surface area contributed by atoms with Gasteiger partial charge in [-0.15, -0.1) is 0 Å².